The maximum absolute atomic E-state index is 11.8. The standard InChI is InChI=1S/C17H24Cl2N2O.ClH/c18-15-5-4-14(16(19)12-15)2-1-9-21-17(22)6-3-13-7-10-20-11-8-13;/h4-5,12-13,20H,1-3,6-11H2,(H,21,22);1H. The fourth-order valence-corrected chi connectivity index (χ4v) is 3.33. The number of halogens is 3. The first-order chi connectivity index (χ1) is 10.6. The van der Waals surface area contributed by atoms with Crippen LogP contribution in [0.3, 0.4) is 0 Å². The highest BCUT2D eigenvalue weighted by Gasteiger charge is 2.14. The molecule has 2 N–H and O–H groups in total. The molecule has 23 heavy (non-hydrogen) atoms. The Morgan fingerprint density at radius 3 is 2.70 bits per heavy atom. The van der Waals surface area contributed by atoms with Crippen LogP contribution in [0.5, 0.6) is 0 Å². The molecule has 0 aromatic heterocycles. The molecular formula is C17H25Cl3N2O. The summed E-state index contributed by atoms with van der Waals surface area (Å²) >= 11 is 12.0. The van der Waals surface area contributed by atoms with Gasteiger partial charge in [-0.15, -0.1) is 12.4 Å². The summed E-state index contributed by atoms with van der Waals surface area (Å²) in [6.07, 6.45) is 5.79. The highest BCUT2D eigenvalue weighted by Crippen LogP contribution is 2.22. The number of carbonyl (C=O) groups is 1. The van der Waals surface area contributed by atoms with Gasteiger partial charge in [-0.05, 0) is 68.8 Å². The van der Waals surface area contributed by atoms with Gasteiger partial charge < -0.3 is 10.6 Å². The Balaban J connectivity index is 0.00000264. The lowest BCUT2D eigenvalue weighted by Gasteiger charge is -2.22. The third-order valence-electron chi connectivity index (χ3n) is 4.20. The molecule has 0 atom stereocenters. The number of rotatable bonds is 7. The zero-order valence-electron chi connectivity index (χ0n) is 13.2. The van der Waals surface area contributed by atoms with Crippen molar-refractivity contribution in [2.24, 2.45) is 5.92 Å². The van der Waals surface area contributed by atoms with Crippen LogP contribution in [-0.4, -0.2) is 25.5 Å². The molecule has 3 nitrogen and oxygen atoms in total. The molecule has 0 aliphatic carbocycles. The summed E-state index contributed by atoms with van der Waals surface area (Å²) in [5, 5.41) is 7.70. The van der Waals surface area contributed by atoms with E-state index in [4.69, 9.17) is 23.2 Å². The monoisotopic (exact) mass is 378 g/mol. The quantitative estimate of drug-likeness (QED) is 0.696. The van der Waals surface area contributed by atoms with Crippen molar-refractivity contribution in [3.63, 3.8) is 0 Å². The molecule has 1 fully saturated rings. The zero-order chi connectivity index (χ0) is 15.8. The van der Waals surface area contributed by atoms with E-state index in [0.717, 1.165) is 37.9 Å². The molecule has 0 bridgehead atoms. The van der Waals surface area contributed by atoms with Gasteiger partial charge in [0.05, 0.1) is 0 Å². The molecule has 0 spiro atoms. The van der Waals surface area contributed by atoms with Crippen molar-refractivity contribution in [2.75, 3.05) is 19.6 Å². The molecule has 0 saturated carbocycles. The number of hydrogen-bond donors (Lipinski definition) is 2. The Labute approximate surface area is 154 Å². The second-order valence-electron chi connectivity index (χ2n) is 5.92. The van der Waals surface area contributed by atoms with E-state index in [9.17, 15) is 4.79 Å². The Kier molecular flexibility index (Phi) is 9.96. The van der Waals surface area contributed by atoms with Crippen molar-refractivity contribution in [1.82, 2.24) is 10.6 Å². The maximum Gasteiger partial charge on any atom is 0.220 e. The van der Waals surface area contributed by atoms with Crippen LogP contribution < -0.4 is 10.6 Å². The van der Waals surface area contributed by atoms with E-state index in [1.165, 1.54) is 12.8 Å². The minimum Gasteiger partial charge on any atom is -0.356 e. The summed E-state index contributed by atoms with van der Waals surface area (Å²) in [4.78, 5) is 11.8. The Bertz CT molecular complexity index is 491. The van der Waals surface area contributed by atoms with Gasteiger partial charge >= 0.3 is 0 Å². The summed E-state index contributed by atoms with van der Waals surface area (Å²) < 4.78 is 0. The van der Waals surface area contributed by atoms with Crippen LogP contribution in [0.25, 0.3) is 0 Å². The van der Waals surface area contributed by atoms with Gasteiger partial charge in [0.15, 0.2) is 0 Å². The lowest BCUT2D eigenvalue weighted by atomic mass is 9.93. The van der Waals surface area contributed by atoms with E-state index in [1.807, 2.05) is 12.1 Å². The third-order valence-corrected chi connectivity index (χ3v) is 4.79. The molecule has 0 unspecified atom stereocenters. The number of carbonyl (C=O) groups excluding carboxylic acids is 1. The fourth-order valence-electron chi connectivity index (χ4n) is 2.83. The van der Waals surface area contributed by atoms with Crippen LogP contribution >= 0.6 is 35.6 Å². The van der Waals surface area contributed by atoms with Gasteiger partial charge in [0.25, 0.3) is 0 Å². The molecule has 1 aromatic rings. The molecular weight excluding hydrogens is 355 g/mol. The van der Waals surface area contributed by atoms with Crippen molar-refractivity contribution in [2.45, 2.75) is 38.5 Å². The predicted molar refractivity (Wildman–Crippen MR) is 99.9 cm³/mol. The van der Waals surface area contributed by atoms with Crippen molar-refractivity contribution < 1.29 is 4.79 Å². The first-order valence-electron chi connectivity index (χ1n) is 8.06. The smallest absolute Gasteiger partial charge is 0.220 e. The van der Waals surface area contributed by atoms with E-state index in [0.29, 0.717) is 28.9 Å². The average Bonchev–Trinajstić information content (AvgIpc) is 2.52. The average molecular weight is 380 g/mol. The lowest BCUT2D eigenvalue weighted by Crippen LogP contribution is -2.29. The van der Waals surface area contributed by atoms with Gasteiger partial charge in [-0.3, -0.25) is 4.79 Å². The number of aryl methyl sites for hydroxylation is 1. The van der Waals surface area contributed by atoms with Crippen LogP contribution in [0.15, 0.2) is 18.2 Å². The SMILES string of the molecule is Cl.O=C(CCC1CCNCC1)NCCCc1ccc(Cl)cc1Cl. The topological polar surface area (TPSA) is 41.1 Å². The van der Waals surface area contributed by atoms with Crippen LogP contribution in [-0.2, 0) is 11.2 Å². The van der Waals surface area contributed by atoms with Gasteiger partial charge in [-0.2, -0.15) is 0 Å². The number of piperidine rings is 1. The van der Waals surface area contributed by atoms with Crippen LogP contribution in [0, 0.1) is 5.92 Å². The summed E-state index contributed by atoms with van der Waals surface area (Å²) in [6, 6.07) is 5.56. The molecule has 2 rings (SSSR count). The second kappa shape index (κ2) is 11.1. The third kappa shape index (κ3) is 7.75. The molecule has 1 amide bonds. The number of benzene rings is 1. The lowest BCUT2D eigenvalue weighted by molar-refractivity contribution is -0.121. The number of hydrogen-bond acceptors (Lipinski definition) is 2. The zero-order valence-corrected chi connectivity index (χ0v) is 15.6. The Morgan fingerprint density at radius 1 is 1.26 bits per heavy atom. The first-order valence-corrected chi connectivity index (χ1v) is 8.82. The largest absolute Gasteiger partial charge is 0.356 e. The van der Waals surface area contributed by atoms with E-state index in [2.05, 4.69) is 10.6 Å². The summed E-state index contributed by atoms with van der Waals surface area (Å²) in [5.41, 5.74) is 1.08. The minimum absolute atomic E-state index is 0. The normalized spacial score (nSPS) is 15.0. The molecule has 1 saturated heterocycles. The van der Waals surface area contributed by atoms with E-state index in [-0.39, 0.29) is 18.3 Å². The van der Waals surface area contributed by atoms with Crippen LogP contribution in [0.4, 0.5) is 0 Å². The molecule has 1 aliphatic heterocycles. The molecule has 1 aromatic carbocycles. The molecule has 6 heteroatoms. The molecule has 130 valence electrons. The van der Waals surface area contributed by atoms with Crippen LogP contribution in [0.2, 0.25) is 10.0 Å². The van der Waals surface area contributed by atoms with Crippen molar-refractivity contribution in [3.8, 4) is 0 Å². The van der Waals surface area contributed by atoms with E-state index < -0.39 is 0 Å². The van der Waals surface area contributed by atoms with Gasteiger partial charge in [0.2, 0.25) is 5.91 Å². The number of amides is 1. The summed E-state index contributed by atoms with van der Waals surface area (Å²) in [6.45, 7) is 2.88. The predicted octanol–water partition coefficient (Wildman–Crippen LogP) is 4.24. The second-order valence-corrected chi connectivity index (χ2v) is 6.76. The first kappa shape index (κ1) is 20.6. The van der Waals surface area contributed by atoms with E-state index in [1.54, 1.807) is 6.07 Å². The van der Waals surface area contributed by atoms with Gasteiger partial charge in [0.1, 0.15) is 0 Å². The van der Waals surface area contributed by atoms with Crippen molar-refractivity contribution in [3.05, 3.63) is 33.8 Å². The van der Waals surface area contributed by atoms with Crippen LogP contribution in [0.1, 0.15) is 37.7 Å². The Hall–Kier alpha value is -0.480. The summed E-state index contributed by atoms with van der Waals surface area (Å²) in [7, 11) is 0. The highest BCUT2D eigenvalue weighted by molar-refractivity contribution is 6.35. The number of nitrogens with one attached hydrogen (secondary N) is 2. The van der Waals surface area contributed by atoms with Gasteiger partial charge in [0, 0.05) is 23.0 Å². The molecule has 0 radical (unpaired) electrons. The fraction of sp³-hybridized carbons (Fsp3) is 0.588. The molecule has 1 heterocycles. The molecule has 1 aliphatic rings. The summed E-state index contributed by atoms with van der Waals surface area (Å²) in [5.74, 6) is 0.876. The Morgan fingerprint density at radius 2 is 2.00 bits per heavy atom. The van der Waals surface area contributed by atoms with Crippen molar-refractivity contribution in [1.29, 1.82) is 0 Å². The van der Waals surface area contributed by atoms with E-state index >= 15 is 0 Å². The van der Waals surface area contributed by atoms with Gasteiger partial charge in [-0.1, -0.05) is 29.3 Å². The highest BCUT2D eigenvalue weighted by atomic mass is 35.5. The minimum atomic E-state index is 0. The van der Waals surface area contributed by atoms with Crippen molar-refractivity contribution >= 4 is 41.5 Å². The van der Waals surface area contributed by atoms with Gasteiger partial charge in [-0.25, -0.2) is 0 Å². The maximum atomic E-state index is 11.8.